The van der Waals surface area contributed by atoms with Gasteiger partial charge in [-0.05, 0) is 11.6 Å². The summed E-state index contributed by atoms with van der Waals surface area (Å²) in [6, 6.07) is 10.8. The third-order valence-corrected chi connectivity index (χ3v) is 3.99. The number of hydrogen-bond donors (Lipinski definition) is 1. The predicted molar refractivity (Wildman–Crippen MR) is 85.2 cm³/mol. The lowest BCUT2D eigenvalue weighted by Crippen LogP contribution is -2.43. The highest BCUT2D eigenvalue weighted by Crippen LogP contribution is 2.29. The first kappa shape index (κ1) is 15.6. The molecule has 6 heteroatoms. The van der Waals surface area contributed by atoms with Gasteiger partial charge in [0.05, 0.1) is 18.7 Å². The summed E-state index contributed by atoms with van der Waals surface area (Å²) in [4.78, 5) is 16.4. The zero-order valence-corrected chi connectivity index (χ0v) is 12.8. The van der Waals surface area contributed by atoms with Gasteiger partial charge in [-0.15, -0.1) is 0 Å². The molecule has 1 aliphatic rings. The number of rotatable bonds is 6. The summed E-state index contributed by atoms with van der Waals surface area (Å²) in [6.45, 7) is 1.19. The maximum absolute atomic E-state index is 12.7. The number of hydroxylamine groups is 3. The fraction of sp³-hybridized carbons (Fsp3) is 0.294. The van der Waals surface area contributed by atoms with E-state index in [1.54, 1.807) is 24.4 Å². The SMILES string of the molecule is NCc1ccc(OCCC[N+]2([O-])Cc3ccccc3C2=O)nc1. The lowest BCUT2D eigenvalue weighted by atomic mass is 10.1. The smallest absolute Gasteiger partial charge is 0.346 e. The summed E-state index contributed by atoms with van der Waals surface area (Å²) in [5.41, 5.74) is 7.81. The van der Waals surface area contributed by atoms with Gasteiger partial charge >= 0.3 is 5.91 Å². The van der Waals surface area contributed by atoms with Crippen molar-refractivity contribution in [3.05, 3.63) is 64.5 Å². The minimum absolute atomic E-state index is 0.203. The second-order valence-corrected chi connectivity index (χ2v) is 5.64. The Kier molecular flexibility index (Phi) is 4.38. The Morgan fingerprint density at radius 3 is 2.78 bits per heavy atom. The molecule has 0 spiro atoms. The maximum Gasteiger partial charge on any atom is 0.346 e. The summed E-state index contributed by atoms with van der Waals surface area (Å²) in [6.07, 6.45) is 2.15. The van der Waals surface area contributed by atoms with Crippen molar-refractivity contribution in [3.63, 3.8) is 0 Å². The van der Waals surface area contributed by atoms with Crippen molar-refractivity contribution >= 4 is 5.91 Å². The monoisotopic (exact) mass is 313 g/mol. The number of pyridine rings is 1. The van der Waals surface area contributed by atoms with Crippen LogP contribution in [0.2, 0.25) is 0 Å². The summed E-state index contributed by atoms with van der Waals surface area (Å²) >= 11 is 0. The lowest BCUT2D eigenvalue weighted by Gasteiger charge is -2.35. The summed E-state index contributed by atoms with van der Waals surface area (Å²) in [7, 11) is 0. The van der Waals surface area contributed by atoms with Crippen molar-refractivity contribution in [1.29, 1.82) is 0 Å². The molecular formula is C17H19N3O3. The molecule has 2 heterocycles. The average molecular weight is 313 g/mol. The highest BCUT2D eigenvalue weighted by Gasteiger charge is 2.37. The molecule has 2 N–H and O–H groups in total. The molecule has 1 aromatic carbocycles. The number of ether oxygens (including phenoxy) is 1. The number of fused-ring (bicyclic) bond motifs is 1. The van der Waals surface area contributed by atoms with Crippen LogP contribution in [0.3, 0.4) is 0 Å². The van der Waals surface area contributed by atoms with Crippen LogP contribution >= 0.6 is 0 Å². The van der Waals surface area contributed by atoms with Crippen molar-refractivity contribution in [2.24, 2.45) is 5.73 Å². The van der Waals surface area contributed by atoms with Gasteiger partial charge in [0.2, 0.25) is 5.88 Å². The first-order chi connectivity index (χ1) is 11.1. The van der Waals surface area contributed by atoms with Crippen LogP contribution in [0.1, 0.15) is 27.9 Å². The van der Waals surface area contributed by atoms with Gasteiger partial charge < -0.3 is 15.7 Å². The number of benzene rings is 1. The molecular weight excluding hydrogens is 294 g/mol. The molecule has 1 amide bonds. The van der Waals surface area contributed by atoms with Crippen molar-refractivity contribution in [2.45, 2.75) is 19.5 Å². The number of nitrogens with zero attached hydrogens (tertiary/aromatic N) is 2. The van der Waals surface area contributed by atoms with Crippen molar-refractivity contribution in [3.8, 4) is 5.88 Å². The van der Waals surface area contributed by atoms with Crippen molar-refractivity contribution in [1.82, 2.24) is 4.98 Å². The largest absolute Gasteiger partial charge is 0.625 e. The van der Waals surface area contributed by atoms with E-state index >= 15 is 0 Å². The van der Waals surface area contributed by atoms with Gasteiger partial charge in [-0.2, -0.15) is 0 Å². The van der Waals surface area contributed by atoms with Crippen molar-refractivity contribution < 1.29 is 14.2 Å². The average Bonchev–Trinajstić information content (AvgIpc) is 2.84. The van der Waals surface area contributed by atoms with E-state index in [1.807, 2.05) is 18.2 Å². The van der Waals surface area contributed by atoms with Gasteiger partial charge in [-0.3, -0.25) is 4.65 Å². The van der Waals surface area contributed by atoms with Crippen LogP contribution in [0.25, 0.3) is 0 Å². The van der Waals surface area contributed by atoms with Gasteiger partial charge in [0, 0.05) is 30.8 Å². The molecule has 1 aliphatic heterocycles. The van der Waals surface area contributed by atoms with Crippen LogP contribution < -0.4 is 10.5 Å². The Bertz CT molecular complexity index is 702. The molecule has 2 aromatic rings. The molecule has 0 radical (unpaired) electrons. The maximum atomic E-state index is 12.7. The van der Waals surface area contributed by atoms with E-state index in [4.69, 9.17) is 10.5 Å². The fourth-order valence-electron chi connectivity index (χ4n) is 2.73. The Labute approximate surface area is 134 Å². The predicted octanol–water partition coefficient (Wildman–Crippen LogP) is 1.98. The summed E-state index contributed by atoms with van der Waals surface area (Å²) in [5.74, 6) is 0.140. The van der Waals surface area contributed by atoms with E-state index < -0.39 is 4.65 Å². The highest BCUT2D eigenvalue weighted by molar-refractivity contribution is 5.92. The van der Waals surface area contributed by atoms with Gasteiger partial charge in [-0.25, -0.2) is 9.78 Å². The normalized spacial score (nSPS) is 19.7. The minimum Gasteiger partial charge on any atom is -0.625 e. The molecule has 1 aromatic heterocycles. The number of quaternary nitrogens is 1. The third-order valence-electron chi connectivity index (χ3n) is 3.99. The second kappa shape index (κ2) is 6.45. The molecule has 0 fully saturated rings. The number of carbonyl (C=O) groups excluding carboxylic acids is 1. The van der Waals surface area contributed by atoms with Crippen LogP contribution in [0.15, 0.2) is 42.6 Å². The van der Waals surface area contributed by atoms with Gasteiger partial charge in [-0.1, -0.05) is 24.3 Å². The Hall–Kier alpha value is -2.28. The zero-order chi connectivity index (χ0) is 16.3. The number of aromatic nitrogens is 1. The van der Waals surface area contributed by atoms with E-state index in [0.717, 1.165) is 11.1 Å². The Balaban J connectivity index is 1.52. The second-order valence-electron chi connectivity index (χ2n) is 5.64. The third kappa shape index (κ3) is 3.24. The molecule has 0 saturated carbocycles. The van der Waals surface area contributed by atoms with E-state index in [-0.39, 0.29) is 19.0 Å². The van der Waals surface area contributed by atoms with Crippen LogP contribution in [0.5, 0.6) is 5.88 Å². The number of hydrogen-bond acceptors (Lipinski definition) is 5. The van der Waals surface area contributed by atoms with Crippen LogP contribution in [0.4, 0.5) is 0 Å². The lowest BCUT2D eigenvalue weighted by molar-refractivity contribution is -0.807. The van der Waals surface area contributed by atoms with Crippen molar-refractivity contribution in [2.75, 3.05) is 13.2 Å². The Morgan fingerprint density at radius 1 is 1.26 bits per heavy atom. The molecule has 120 valence electrons. The quantitative estimate of drug-likeness (QED) is 0.500. The zero-order valence-electron chi connectivity index (χ0n) is 12.8. The molecule has 23 heavy (non-hydrogen) atoms. The highest BCUT2D eigenvalue weighted by atomic mass is 16.6. The van der Waals surface area contributed by atoms with Crippen LogP contribution in [-0.2, 0) is 13.1 Å². The van der Waals surface area contributed by atoms with Crippen LogP contribution in [-0.4, -0.2) is 28.7 Å². The Morgan fingerprint density at radius 2 is 2.09 bits per heavy atom. The number of nitrogens with two attached hydrogens (primary N) is 1. The van der Waals surface area contributed by atoms with E-state index in [2.05, 4.69) is 4.98 Å². The van der Waals surface area contributed by atoms with E-state index in [0.29, 0.717) is 31.0 Å². The standard InChI is InChI=1S/C17H19N3O3/c18-10-13-6-7-16(19-11-13)23-9-3-8-20(22)12-14-4-1-2-5-15(14)17(20)21/h1-2,4-7,11H,3,8-10,12,18H2. The van der Waals surface area contributed by atoms with Gasteiger partial charge in [0.1, 0.15) is 6.54 Å². The summed E-state index contributed by atoms with van der Waals surface area (Å²) < 4.78 is 4.68. The number of amides is 1. The van der Waals surface area contributed by atoms with E-state index in [9.17, 15) is 10.0 Å². The first-order valence-corrected chi connectivity index (χ1v) is 7.61. The molecule has 3 rings (SSSR count). The van der Waals surface area contributed by atoms with Crippen LogP contribution in [0, 0.1) is 5.21 Å². The van der Waals surface area contributed by atoms with Gasteiger partial charge in [0.15, 0.2) is 0 Å². The topological polar surface area (TPSA) is 88.3 Å². The molecule has 0 aliphatic carbocycles. The number of carbonyl (C=O) groups is 1. The fourth-order valence-corrected chi connectivity index (χ4v) is 2.73. The van der Waals surface area contributed by atoms with E-state index in [1.165, 1.54) is 0 Å². The van der Waals surface area contributed by atoms with Gasteiger partial charge in [0.25, 0.3) is 0 Å². The molecule has 0 saturated heterocycles. The minimum atomic E-state index is -0.831. The summed E-state index contributed by atoms with van der Waals surface area (Å²) in [5, 5.41) is 12.7. The first-order valence-electron chi connectivity index (χ1n) is 7.61. The molecule has 0 bridgehead atoms. The molecule has 1 atom stereocenters. The molecule has 1 unspecified atom stereocenters. The molecule has 6 nitrogen and oxygen atoms in total.